The first-order valence-corrected chi connectivity index (χ1v) is 20.2. The van der Waals surface area contributed by atoms with Crippen LogP contribution < -0.4 is 25.5 Å². The fourth-order valence-electron chi connectivity index (χ4n) is 10.9. The van der Waals surface area contributed by atoms with E-state index in [-0.39, 0.29) is 6.85 Å². The summed E-state index contributed by atoms with van der Waals surface area (Å²) in [6, 6.07) is 72.6. The highest BCUT2D eigenvalue weighted by Gasteiger charge is 2.49. The molecule has 0 atom stereocenters. The van der Waals surface area contributed by atoms with E-state index in [9.17, 15) is 0 Å². The topological polar surface area (TPSA) is 9.72 Å². The van der Waals surface area contributed by atoms with Gasteiger partial charge in [-0.3, -0.25) is 0 Å². The number of hydrogen-bond acceptors (Lipinski definition) is 3. The lowest BCUT2D eigenvalue weighted by Gasteiger charge is -2.50. The SMILES string of the molecule is c1ccc(N2c3ccccc3N3B4c5ccccc5N(c5ccc6cc7ccccc7cc6c5)c5c4c(c4ccc6cccc7ccc5c4c67)-c4cccc2c43)cc1. The summed E-state index contributed by atoms with van der Waals surface area (Å²) in [5, 5.41) is 12.8. The molecule has 58 heavy (non-hydrogen) atoms. The third kappa shape index (κ3) is 3.84. The molecular weight excluding hydrogens is 701 g/mol. The molecule has 3 aliphatic heterocycles. The highest BCUT2D eigenvalue weighted by molar-refractivity contribution is 6.94. The molecule has 0 saturated heterocycles. The van der Waals surface area contributed by atoms with Gasteiger partial charge in [0.1, 0.15) is 0 Å². The quantitative estimate of drug-likeness (QED) is 0.0995. The minimum Gasteiger partial charge on any atom is -0.373 e. The minimum atomic E-state index is -0.0727. The Labute approximate surface area is 335 Å². The maximum atomic E-state index is 2.67. The summed E-state index contributed by atoms with van der Waals surface area (Å²) in [6.45, 7) is -0.0727. The van der Waals surface area contributed by atoms with Gasteiger partial charge in [0.05, 0.1) is 28.4 Å². The molecule has 0 bridgehead atoms. The van der Waals surface area contributed by atoms with Gasteiger partial charge >= 0.3 is 6.85 Å². The van der Waals surface area contributed by atoms with Gasteiger partial charge in [0.25, 0.3) is 0 Å². The lowest BCUT2D eigenvalue weighted by Crippen LogP contribution is -2.62. The zero-order valence-electron chi connectivity index (χ0n) is 31.4. The molecule has 0 aliphatic carbocycles. The highest BCUT2D eigenvalue weighted by Crippen LogP contribution is 2.59. The number of para-hydroxylation sites is 5. The largest absolute Gasteiger partial charge is 0.373 e. The van der Waals surface area contributed by atoms with Crippen molar-refractivity contribution in [1.29, 1.82) is 0 Å². The van der Waals surface area contributed by atoms with Crippen LogP contribution in [0.25, 0.3) is 65.0 Å². The van der Waals surface area contributed by atoms with E-state index in [4.69, 9.17) is 0 Å². The molecule has 0 radical (unpaired) electrons. The van der Waals surface area contributed by atoms with Gasteiger partial charge < -0.3 is 14.6 Å². The zero-order chi connectivity index (χ0) is 37.6. The normalized spacial score (nSPS) is 13.7. The zero-order valence-corrected chi connectivity index (χ0v) is 31.4. The summed E-state index contributed by atoms with van der Waals surface area (Å²) >= 11 is 0. The first-order chi connectivity index (χ1) is 28.8. The Hall–Kier alpha value is -7.56. The Bertz CT molecular complexity index is 3540. The monoisotopic (exact) mass is 733 g/mol. The molecule has 0 fully saturated rings. The van der Waals surface area contributed by atoms with Crippen molar-refractivity contribution < 1.29 is 0 Å². The average molecular weight is 734 g/mol. The number of anilines is 8. The van der Waals surface area contributed by atoms with Crippen molar-refractivity contribution in [3.8, 4) is 11.1 Å². The molecule has 14 rings (SSSR count). The van der Waals surface area contributed by atoms with Crippen LogP contribution in [0.15, 0.2) is 194 Å². The van der Waals surface area contributed by atoms with Gasteiger partial charge in [-0.1, -0.05) is 133 Å². The first kappa shape index (κ1) is 30.6. The fourth-order valence-corrected chi connectivity index (χ4v) is 10.9. The van der Waals surface area contributed by atoms with Crippen LogP contribution in [0, 0.1) is 0 Å². The molecule has 0 amide bonds. The molecule has 11 aromatic carbocycles. The molecule has 0 unspecified atom stereocenters. The Kier molecular flexibility index (Phi) is 5.84. The number of hydrogen-bond donors (Lipinski definition) is 0. The van der Waals surface area contributed by atoms with E-state index in [0.29, 0.717) is 0 Å². The van der Waals surface area contributed by atoms with Gasteiger partial charge in [-0.25, -0.2) is 0 Å². The van der Waals surface area contributed by atoms with E-state index >= 15 is 0 Å². The Morgan fingerprint density at radius 2 is 0.966 bits per heavy atom. The average Bonchev–Trinajstić information content (AvgIpc) is 3.28. The molecular formula is C54H32BN3. The molecule has 3 heterocycles. The first-order valence-electron chi connectivity index (χ1n) is 20.2. The van der Waals surface area contributed by atoms with Crippen LogP contribution in [-0.4, -0.2) is 6.85 Å². The lowest BCUT2D eigenvalue weighted by atomic mass is 9.42. The summed E-state index contributed by atoms with van der Waals surface area (Å²) in [5.74, 6) is 0. The highest BCUT2D eigenvalue weighted by atomic mass is 15.3. The number of rotatable bonds is 2. The maximum absolute atomic E-state index is 2.67. The van der Waals surface area contributed by atoms with Crippen LogP contribution in [-0.2, 0) is 0 Å². The van der Waals surface area contributed by atoms with Crippen LogP contribution in [0.2, 0.25) is 0 Å². The van der Waals surface area contributed by atoms with E-state index in [1.807, 2.05) is 0 Å². The standard InChI is InChI=1S/C54H32BN3/c1-2-16-39(17-3-1)56-46-21-8-9-22-47(46)58-53-42(18-11-23-48(53)56)51-41-28-25-33-14-10-15-34-26-29-43(50(41)49(33)34)54-52(51)55(58)44-19-6-7-20-45(44)57(54)40-27-24-37-30-35-12-4-5-13-36(35)31-38(37)32-40/h1-32H. The van der Waals surface area contributed by atoms with Crippen LogP contribution in [0.5, 0.6) is 0 Å². The summed E-state index contributed by atoms with van der Waals surface area (Å²) in [4.78, 5) is 7.73. The predicted molar refractivity (Wildman–Crippen MR) is 247 cm³/mol. The molecule has 266 valence electrons. The van der Waals surface area contributed by atoms with Crippen molar-refractivity contribution in [2.24, 2.45) is 0 Å². The van der Waals surface area contributed by atoms with Crippen molar-refractivity contribution in [1.82, 2.24) is 0 Å². The van der Waals surface area contributed by atoms with Crippen molar-refractivity contribution in [3.63, 3.8) is 0 Å². The van der Waals surface area contributed by atoms with E-state index < -0.39 is 0 Å². The van der Waals surface area contributed by atoms with Crippen LogP contribution in [0.1, 0.15) is 0 Å². The molecule has 11 aromatic rings. The van der Waals surface area contributed by atoms with Gasteiger partial charge in [-0.15, -0.1) is 0 Å². The third-order valence-corrected chi connectivity index (χ3v) is 13.2. The van der Waals surface area contributed by atoms with Gasteiger partial charge in [0, 0.05) is 33.4 Å². The second-order valence-electron chi connectivity index (χ2n) is 16.0. The number of benzene rings is 11. The molecule has 4 heteroatoms. The van der Waals surface area contributed by atoms with Crippen molar-refractivity contribution in [3.05, 3.63) is 194 Å². The van der Waals surface area contributed by atoms with E-state index in [2.05, 4.69) is 209 Å². The third-order valence-electron chi connectivity index (χ3n) is 13.2. The molecule has 0 spiro atoms. The van der Waals surface area contributed by atoms with Crippen molar-refractivity contribution >= 4 is 117 Å². The van der Waals surface area contributed by atoms with Crippen LogP contribution >= 0.6 is 0 Å². The Morgan fingerprint density at radius 3 is 1.79 bits per heavy atom. The number of nitrogens with zero attached hydrogens (tertiary/aromatic N) is 3. The van der Waals surface area contributed by atoms with E-state index in [1.54, 1.807) is 0 Å². The molecule has 3 aliphatic rings. The van der Waals surface area contributed by atoms with Crippen molar-refractivity contribution in [2.75, 3.05) is 14.6 Å². The minimum absolute atomic E-state index is 0.0727. The Balaban J connectivity index is 1.16. The smallest absolute Gasteiger partial charge is 0.333 e. The second kappa shape index (κ2) is 11.1. The fraction of sp³-hybridized carbons (Fsp3) is 0. The van der Waals surface area contributed by atoms with Gasteiger partial charge in [0.2, 0.25) is 0 Å². The lowest BCUT2D eigenvalue weighted by molar-refractivity contribution is 1.20. The molecule has 0 aromatic heterocycles. The van der Waals surface area contributed by atoms with Crippen LogP contribution in [0.3, 0.4) is 0 Å². The summed E-state index contributed by atoms with van der Waals surface area (Å²) in [5.41, 5.74) is 14.9. The molecule has 0 N–H and O–H groups in total. The predicted octanol–water partition coefficient (Wildman–Crippen LogP) is 13.4. The number of fused-ring (bicyclic) bond motifs is 10. The second-order valence-corrected chi connectivity index (χ2v) is 16.0. The van der Waals surface area contributed by atoms with Gasteiger partial charge in [-0.05, 0) is 120 Å². The van der Waals surface area contributed by atoms with E-state index in [0.717, 1.165) is 5.69 Å². The summed E-state index contributed by atoms with van der Waals surface area (Å²) in [7, 11) is 0. The maximum Gasteiger partial charge on any atom is 0.333 e. The summed E-state index contributed by atoms with van der Waals surface area (Å²) in [6.07, 6.45) is 0. The van der Waals surface area contributed by atoms with Gasteiger partial charge in [0.15, 0.2) is 0 Å². The van der Waals surface area contributed by atoms with E-state index in [1.165, 1.54) is 116 Å². The molecule has 3 nitrogen and oxygen atoms in total. The van der Waals surface area contributed by atoms with Crippen LogP contribution in [0.4, 0.5) is 45.5 Å². The Morgan fingerprint density at radius 1 is 0.345 bits per heavy atom. The van der Waals surface area contributed by atoms with Gasteiger partial charge in [-0.2, -0.15) is 0 Å². The molecule has 0 saturated carbocycles. The summed E-state index contributed by atoms with van der Waals surface area (Å²) < 4.78 is 0. The van der Waals surface area contributed by atoms with Crippen molar-refractivity contribution in [2.45, 2.75) is 0 Å².